The number of nitrogens with zero attached hydrogens (tertiary/aromatic N) is 2. The molecular formula is C17H16FN5O2S. The normalized spacial score (nSPS) is 9.62. The highest BCUT2D eigenvalue weighted by Crippen LogP contribution is 2.16. The fourth-order valence-corrected chi connectivity index (χ4v) is 1.93. The number of carbonyl (C=O) groups is 1. The van der Waals surface area contributed by atoms with Gasteiger partial charge in [0.1, 0.15) is 11.5 Å². The summed E-state index contributed by atoms with van der Waals surface area (Å²) in [5.74, 6) is 4.74. The Bertz CT molecular complexity index is 862. The van der Waals surface area contributed by atoms with Gasteiger partial charge in [-0.1, -0.05) is 5.92 Å². The molecule has 9 heteroatoms. The summed E-state index contributed by atoms with van der Waals surface area (Å²) in [5.41, 5.74) is 6.13. The standard InChI is InChI=1S/C17H16FN5O2S/c1-2-3-6-25-15-10-20-14(9-21-15)16(24)23-12-4-5-13(18)11(7-12)8-22-17(19)26/h4-5,7,9-10H,6,8H2,1H3,(H,23,24)(H3,19,22,26). The summed E-state index contributed by atoms with van der Waals surface area (Å²) in [6, 6.07) is 4.15. The first-order valence-corrected chi connectivity index (χ1v) is 7.88. The zero-order valence-electron chi connectivity index (χ0n) is 13.9. The first kappa shape index (κ1) is 19.1. The lowest BCUT2D eigenvalue weighted by Gasteiger charge is -2.09. The third kappa shape index (κ3) is 5.68. The van der Waals surface area contributed by atoms with Gasteiger partial charge in [-0.3, -0.25) is 4.79 Å². The fourth-order valence-electron chi connectivity index (χ4n) is 1.86. The SMILES string of the molecule is CC#CCOc1cnc(C(=O)Nc2ccc(F)c(CNC(N)=S)c2)cn1. The smallest absolute Gasteiger partial charge is 0.275 e. The minimum absolute atomic E-state index is 0.0568. The van der Waals surface area contributed by atoms with E-state index in [1.807, 2.05) is 0 Å². The third-order valence-corrected chi connectivity index (χ3v) is 3.23. The molecule has 0 spiro atoms. The highest BCUT2D eigenvalue weighted by molar-refractivity contribution is 7.80. The molecule has 2 rings (SSSR count). The Morgan fingerprint density at radius 2 is 2.19 bits per heavy atom. The number of nitrogens with one attached hydrogen (secondary N) is 2. The molecule has 26 heavy (non-hydrogen) atoms. The molecule has 0 aliphatic carbocycles. The molecule has 0 atom stereocenters. The van der Waals surface area contributed by atoms with Crippen molar-refractivity contribution in [1.29, 1.82) is 0 Å². The van der Waals surface area contributed by atoms with Gasteiger partial charge in [0, 0.05) is 17.8 Å². The van der Waals surface area contributed by atoms with E-state index in [0.29, 0.717) is 11.3 Å². The number of anilines is 1. The molecule has 7 nitrogen and oxygen atoms in total. The average molecular weight is 373 g/mol. The van der Waals surface area contributed by atoms with E-state index in [9.17, 15) is 9.18 Å². The number of benzene rings is 1. The molecule has 0 aliphatic rings. The average Bonchev–Trinajstić information content (AvgIpc) is 2.62. The molecule has 0 fully saturated rings. The van der Waals surface area contributed by atoms with Crippen LogP contribution in [0.15, 0.2) is 30.6 Å². The summed E-state index contributed by atoms with van der Waals surface area (Å²) in [7, 11) is 0. The van der Waals surface area contributed by atoms with Crippen molar-refractivity contribution in [1.82, 2.24) is 15.3 Å². The Hall–Kier alpha value is -3.25. The van der Waals surface area contributed by atoms with Crippen LogP contribution in [0.1, 0.15) is 23.0 Å². The predicted molar refractivity (Wildman–Crippen MR) is 99.0 cm³/mol. The minimum atomic E-state index is -0.489. The molecular weight excluding hydrogens is 357 g/mol. The molecule has 1 heterocycles. The van der Waals surface area contributed by atoms with Crippen LogP contribution in [0.5, 0.6) is 5.88 Å². The summed E-state index contributed by atoms with van der Waals surface area (Å²) in [5, 5.41) is 5.33. The van der Waals surface area contributed by atoms with Gasteiger partial charge in [0.15, 0.2) is 11.7 Å². The van der Waals surface area contributed by atoms with Crippen molar-refractivity contribution < 1.29 is 13.9 Å². The van der Waals surface area contributed by atoms with Gasteiger partial charge in [-0.25, -0.2) is 14.4 Å². The number of carbonyl (C=O) groups excluding carboxylic acids is 1. The van der Waals surface area contributed by atoms with E-state index in [4.69, 9.17) is 22.7 Å². The summed E-state index contributed by atoms with van der Waals surface area (Å²) in [6.07, 6.45) is 2.61. The van der Waals surface area contributed by atoms with Crippen molar-refractivity contribution in [3.05, 3.63) is 47.7 Å². The maximum absolute atomic E-state index is 13.8. The molecule has 134 valence electrons. The van der Waals surface area contributed by atoms with Crippen LogP contribution in [0, 0.1) is 17.7 Å². The molecule has 0 radical (unpaired) electrons. The van der Waals surface area contributed by atoms with Gasteiger partial charge in [-0.05, 0) is 37.3 Å². The molecule has 0 saturated carbocycles. The zero-order chi connectivity index (χ0) is 18.9. The Labute approximate surface area is 155 Å². The van der Waals surface area contributed by atoms with Crippen molar-refractivity contribution in [2.45, 2.75) is 13.5 Å². The molecule has 4 N–H and O–H groups in total. The molecule has 1 amide bonds. The van der Waals surface area contributed by atoms with Crippen molar-refractivity contribution in [3.63, 3.8) is 0 Å². The minimum Gasteiger partial charge on any atom is -0.463 e. The maximum atomic E-state index is 13.8. The second kappa shape index (κ2) is 9.29. The lowest BCUT2D eigenvalue weighted by atomic mass is 10.2. The van der Waals surface area contributed by atoms with E-state index in [-0.39, 0.29) is 29.8 Å². The van der Waals surface area contributed by atoms with Gasteiger partial charge in [-0.15, -0.1) is 5.92 Å². The lowest BCUT2D eigenvalue weighted by molar-refractivity contribution is 0.102. The maximum Gasteiger partial charge on any atom is 0.275 e. The number of hydrogen-bond acceptors (Lipinski definition) is 5. The van der Waals surface area contributed by atoms with Crippen LogP contribution < -0.4 is 21.1 Å². The van der Waals surface area contributed by atoms with Crippen molar-refractivity contribution in [2.24, 2.45) is 5.73 Å². The second-order valence-electron chi connectivity index (χ2n) is 4.93. The Morgan fingerprint density at radius 3 is 2.85 bits per heavy atom. The Balaban J connectivity index is 2.03. The molecule has 1 aromatic heterocycles. The highest BCUT2D eigenvalue weighted by atomic mass is 32.1. The molecule has 0 unspecified atom stereocenters. The lowest BCUT2D eigenvalue weighted by Crippen LogP contribution is -2.28. The largest absolute Gasteiger partial charge is 0.463 e. The highest BCUT2D eigenvalue weighted by Gasteiger charge is 2.11. The van der Waals surface area contributed by atoms with Crippen molar-refractivity contribution in [2.75, 3.05) is 11.9 Å². The van der Waals surface area contributed by atoms with E-state index in [0.717, 1.165) is 0 Å². The Morgan fingerprint density at radius 1 is 1.38 bits per heavy atom. The van der Waals surface area contributed by atoms with E-state index in [1.54, 1.807) is 6.92 Å². The number of amides is 1. The quantitative estimate of drug-likeness (QED) is 0.522. The topological polar surface area (TPSA) is 102 Å². The van der Waals surface area contributed by atoms with Crippen molar-refractivity contribution >= 4 is 28.9 Å². The number of nitrogens with two attached hydrogens (primary N) is 1. The van der Waals surface area contributed by atoms with Gasteiger partial charge >= 0.3 is 0 Å². The third-order valence-electron chi connectivity index (χ3n) is 3.09. The zero-order valence-corrected chi connectivity index (χ0v) is 14.7. The summed E-state index contributed by atoms with van der Waals surface area (Å²) < 4.78 is 19.0. The number of halogens is 1. The van der Waals surface area contributed by atoms with Gasteiger partial charge in [0.05, 0.1) is 12.4 Å². The van der Waals surface area contributed by atoms with Gasteiger partial charge in [0.25, 0.3) is 5.91 Å². The number of hydrogen-bond donors (Lipinski definition) is 3. The number of aromatic nitrogens is 2. The van der Waals surface area contributed by atoms with Crippen LogP contribution in [0.3, 0.4) is 0 Å². The number of ether oxygens (including phenoxy) is 1. The number of rotatable bonds is 6. The van der Waals surface area contributed by atoms with E-state index in [2.05, 4.69) is 32.4 Å². The van der Waals surface area contributed by atoms with E-state index < -0.39 is 11.7 Å². The Kier molecular flexibility index (Phi) is 6.82. The van der Waals surface area contributed by atoms with Crippen LogP contribution in [-0.4, -0.2) is 27.6 Å². The van der Waals surface area contributed by atoms with Crippen LogP contribution in [-0.2, 0) is 6.54 Å². The molecule has 0 bridgehead atoms. The van der Waals surface area contributed by atoms with Crippen LogP contribution in [0.2, 0.25) is 0 Å². The first-order chi connectivity index (χ1) is 12.5. The fraction of sp³-hybridized carbons (Fsp3) is 0.176. The predicted octanol–water partition coefficient (Wildman–Crippen LogP) is 1.60. The molecule has 0 aliphatic heterocycles. The first-order valence-electron chi connectivity index (χ1n) is 7.47. The van der Waals surface area contributed by atoms with Gasteiger partial charge < -0.3 is 21.1 Å². The summed E-state index contributed by atoms with van der Waals surface area (Å²) in [4.78, 5) is 20.2. The summed E-state index contributed by atoms with van der Waals surface area (Å²) >= 11 is 4.69. The monoisotopic (exact) mass is 373 g/mol. The second-order valence-corrected chi connectivity index (χ2v) is 5.37. The van der Waals surface area contributed by atoms with E-state index in [1.165, 1.54) is 30.6 Å². The molecule has 1 aromatic carbocycles. The van der Waals surface area contributed by atoms with Crippen molar-refractivity contribution in [3.8, 4) is 17.7 Å². The molecule has 2 aromatic rings. The van der Waals surface area contributed by atoms with Gasteiger partial charge in [-0.2, -0.15) is 0 Å². The van der Waals surface area contributed by atoms with Crippen LogP contribution in [0.25, 0.3) is 0 Å². The van der Waals surface area contributed by atoms with Gasteiger partial charge in [0.2, 0.25) is 5.88 Å². The van der Waals surface area contributed by atoms with E-state index >= 15 is 0 Å². The molecule has 0 saturated heterocycles. The summed E-state index contributed by atoms with van der Waals surface area (Å²) in [6.45, 7) is 2.00. The van der Waals surface area contributed by atoms with Crippen LogP contribution in [0.4, 0.5) is 10.1 Å². The van der Waals surface area contributed by atoms with Crippen LogP contribution >= 0.6 is 12.2 Å². The number of thiocarbonyl (C=S) groups is 1.